The lowest BCUT2D eigenvalue weighted by Gasteiger charge is -2.10. The van der Waals surface area contributed by atoms with E-state index >= 15 is 0 Å². The van der Waals surface area contributed by atoms with Crippen molar-refractivity contribution < 1.29 is 0 Å². The van der Waals surface area contributed by atoms with Gasteiger partial charge in [-0.25, -0.2) is 0 Å². The van der Waals surface area contributed by atoms with Crippen LogP contribution in [-0.2, 0) is 5.75 Å². The SMILES string of the molecule is C=C1Nc2cccc(SCc3ccccc3)c2C1C. The van der Waals surface area contributed by atoms with Gasteiger partial charge in [-0.3, -0.25) is 0 Å². The second-order valence-corrected chi connectivity index (χ2v) is 5.88. The highest BCUT2D eigenvalue weighted by atomic mass is 32.2. The zero-order valence-electron chi connectivity index (χ0n) is 11.0. The third-order valence-electron chi connectivity index (χ3n) is 3.55. The number of allylic oxidation sites excluding steroid dienone is 1. The van der Waals surface area contributed by atoms with Gasteiger partial charge in [0.05, 0.1) is 0 Å². The molecular formula is C17H17NS. The van der Waals surface area contributed by atoms with Crippen molar-refractivity contribution in [2.75, 3.05) is 5.32 Å². The first kappa shape index (κ1) is 12.4. The highest BCUT2D eigenvalue weighted by Gasteiger charge is 2.24. The molecule has 1 nitrogen and oxygen atoms in total. The highest BCUT2D eigenvalue weighted by molar-refractivity contribution is 7.98. The number of rotatable bonds is 3. The third-order valence-corrected chi connectivity index (χ3v) is 4.70. The van der Waals surface area contributed by atoms with Crippen LogP contribution in [0, 0.1) is 0 Å². The van der Waals surface area contributed by atoms with E-state index in [2.05, 4.69) is 67.4 Å². The van der Waals surface area contributed by atoms with Gasteiger partial charge in [-0.05, 0) is 23.3 Å². The van der Waals surface area contributed by atoms with Crippen LogP contribution in [0.1, 0.15) is 24.0 Å². The molecule has 0 saturated carbocycles. The minimum Gasteiger partial charge on any atom is -0.359 e. The van der Waals surface area contributed by atoms with Crippen molar-refractivity contribution in [3.05, 3.63) is 71.9 Å². The highest BCUT2D eigenvalue weighted by Crippen LogP contribution is 2.43. The van der Waals surface area contributed by atoms with Crippen LogP contribution in [0.3, 0.4) is 0 Å². The van der Waals surface area contributed by atoms with E-state index in [1.807, 2.05) is 11.8 Å². The molecule has 0 amide bonds. The monoisotopic (exact) mass is 267 g/mol. The summed E-state index contributed by atoms with van der Waals surface area (Å²) in [6.07, 6.45) is 0. The summed E-state index contributed by atoms with van der Waals surface area (Å²) in [5.41, 5.74) is 5.08. The van der Waals surface area contributed by atoms with E-state index in [4.69, 9.17) is 0 Å². The van der Waals surface area contributed by atoms with E-state index in [9.17, 15) is 0 Å². The van der Waals surface area contributed by atoms with Crippen molar-refractivity contribution in [2.45, 2.75) is 23.5 Å². The molecule has 0 radical (unpaired) electrons. The number of benzene rings is 2. The van der Waals surface area contributed by atoms with Crippen LogP contribution in [0.2, 0.25) is 0 Å². The molecule has 1 heterocycles. The Hall–Kier alpha value is -1.67. The molecule has 0 spiro atoms. The number of hydrogen-bond acceptors (Lipinski definition) is 2. The summed E-state index contributed by atoms with van der Waals surface area (Å²) < 4.78 is 0. The zero-order chi connectivity index (χ0) is 13.2. The summed E-state index contributed by atoms with van der Waals surface area (Å²) >= 11 is 1.90. The summed E-state index contributed by atoms with van der Waals surface area (Å²) in [4.78, 5) is 1.36. The average molecular weight is 267 g/mol. The maximum Gasteiger partial charge on any atom is 0.0432 e. The number of fused-ring (bicyclic) bond motifs is 1. The third kappa shape index (κ3) is 2.41. The smallest absolute Gasteiger partial charge is 0.0432 e. The minimum absolute atomic E-state index is 0.398. The summed E-state index contributed by atoms with van der Waals surface area (Å²) in [5, 5.41) is 3.38. The van der Waals surface area contributed by atoms with Crippen LogP contribution in [0.5, 0.6) is 0 Å². The van der Waals surface area contributed by atoms with Gasteiger partial charge in [0.25, 0.3) is 0 Å². The van der Waals surface area contributed by atoms with Gasteiger partial charge in [0.1, 0.15) is 0 Å². The van der Waals surface area contributed by atoms with Gasteiger partial charge in [-0.1, -0.05) is 49.9 Å². The Kier molecular flexibility index (Phi) is 3.34. The maximum atomic E-state index is 4.09. The summed E-state index contributed by atoms with van der Waals surface area (Å²) in [5.74, 6) is 1.41. The van der Waals surface area contributed by atoms with Gasteiger partial charge < -0.3 is 5.32 Å². The Balaban J connectivity index is 1.83. The fraction of sp³-hybridized carbons (Fsp3) is 0.176. The van der Waals surface area contributed by atoms with Gasteiger partial charge in [0.15, 0.2) is 0 Å². The molecule has 19 heavy (non-hydrogen) atoms. The van der Waals surface area contributed by atoms with Crippen LogP contribution in [0.4, 0.5) is 5.69 Å². The van der Waals surface area contributed by atoms with Crippen molar-refractivity contribution in [1.29, 1.82) is 0 Å². The molecule has 1 atom stereocenters. The van der Waals surface area contributed by atoms with Crippen molar-refractivity contribution in [1.82, 2.24) is 0 Å². The Bertz CT molecular complexity index is 604. The Morgan fingerprint density at radius 3 is 2.68 bits per heavy atom. The predicted octanol–water partition coefficient (Wildman–Crippen LogP) is 5.02. The number of anilines is 1. The summed E-state index contributed by atoms with van der Waals surface area (Å²) in [7, 11) is 0. The fourth-order valence-corrected chi connectivity index (χ4v) is 3.55. The maximum absolute atomic E-state index is 4.09. The predicted molar refractivity (Wildman–Crippen MR) is 83.6 cm³/mol. The lowest BCUT2D eigenvalue weighted by molar-refractivity contribution is 0.926. The first-order valence-electron chi connectivity index (χ1n) is 6.51. The van der Waals surface area contributed by atoms with Crippen LogP contribution < -0.4 is 5.32 Å². The Morgan fingerprint density at radius 2 is 1.89 bits per heavy atom. The molecule has 1 N–H and O–H groups in total. The molecule has 2 heteroatoms. The lowest BCUT2D eigenvalue weighted by atomic mass is 10.0. The first-order valence-corrected chi connectivity index (χ1v) is 7.49. The van der Waals surface area contributed by atoms with Gasteiger partial charge in [0, 0.05) is 28.0 Å². The summed E-state index contributed by atoms with van der Waals surface area (Å²) in [6, 6.07) is 17.1. The quantitative estimate of drug-likeness (QED) is 0.783. The first-order chi connectivity index (χ1) is 9.25. The zero-order valence-corrected chi connectivity index (χ0v) is 11.8. The van der Waals surface area contributed by atoms with Gasteiger partial charge in [-0.15, -0.1) is 11.8 Å². The van der Waals surface area contributed by atoms with E-state index in [0.717, 1.165) is 11.4 Å². The topological polar surface area (TPSA) is 12.0 Å². The molecular weight excluding hydrogens is 250 g/mol. The van der Waals surface area contributed by atoms with E-state index in [-0.39, 0.29) is 0 Å². The molecule has 1 aliphatic heterocycles. The number of hydrogen-bond donors (Lipinski definition) is 1. The second kappa shape index (κ2) is 5.14. The number of nitrogens with one attached hydrogen (secondary N) is 1. The van der Waals surface area contributed by atoms with E-state index in [0.29, 0.717) is 5.92 Å². The molecule has 0 aromatic heterocycles. The standard InChI is InChI=1S/C17H17NS/c1-12-13(2)18-15-9-6-10-16(17(12)15)19-11-14-7-4-3-5-8-14/h3-10,12,18H,2,11H2,1H3. The molecule has 1 unspecified atom stereocenters. The second-order valence-electron chi connectivity index (χ2n) is 4.86. The van der Waals surface area contributed by atoms with E-state index in [1.165, 1.54) is 21.7 Å². The molecule has 2 aromatic rings. The molecule has 2 aromatic carbocycles. The van der Waals surface area contributed by atoms with E-state index < -0.39 is 0 Å². The van der Waals surface area contributed by atoms with Crippen molar-refractivity contribution >= 4 is 17.4 Å². The normalized spacial score (nSPS) is 17.1. The molecule has 96 valence electrons. The van der Waals surface area contributed by atoms with Gasteiger partial charge >= 0.3 is 0 Å². The molecule has 1 aliphatic rings. The largest absolute Gasteiger partial charge is 0.359 e. The van der Waals surface area contributed by atoms with Crippen molar-refractivity contribution in [3.63, 3.8) is 0 Å². The minimum atomic E-state index is 0.398. The van der Waals surface area contributed by atoms with Crippen LogP contribution in [-0.4, -0.2) is 0 Å². The molecule has 0 fully saturated rings. The van der Waals surface area contributed by atoms with Crippen LogP contribution >= 0.6 is 11.8 Å². The van der Waals surface area contributed by atoms with Crippen LogP contribution in [0.15, 0.2) is 65.7 Å². The fourth-order valence-electron chi connectivity index (χ4n) is 2.42. The van der Waals surface area contributed by atoms with Gasteiger partial charge in [0.2, 0.25) is 0 Å². The molecule has 0 bridgehead atoms. The van der Waals surface area contributed by atoms with E-state index in [1.54, 1.807) is 0 Å². The van der Waals surface area contributed by atoms with Crippen LogP contribution in [0.25, 0.3) is 0 Å². The van der Waals surface area contributed by atoms with Crippen molar-refractivity contribution in [3.8, 4) is 0 Å². The lowest BCUT2D eigenvalue weighted by Crippen LogP contribution is -1.93. The molecule has 0 aliphatic carbocycles. The number of thioether (sulfide) groups is 1. The Morgan fingerprint density at radius 1 is 1.11 bits per heavy atom. The Labute approximate surface area is 118 Å². The molecule has 3 rings (SSSR count). The van der Waals surface area contributed by atoms with Gasteiger partial charge in [-0.2, -0.15) is 0 Å². The average Bonchev–Trinajstić information content (AvgIpc) is 2.74. The van der Waals surface area contributed by atoms with Crippen molar-refractivity contribution in [2.24, 2.45) is 0 Å². The summed E-state index contributed by atoms with van der Waals surface area (Å²) in [6.45, 7) is 6.30. The molecule has 0 saturated heterocycles.